The Morgan fingerprint density at radius 2 is 1.57 bits per heavy atom. The predicted molar refractivity (Wildman–Crippen MR) is 92.7 cm³/mol. The molecule has 0 saturated carbocycles. The molecule has 1 aromatic carbocycles. The van der Waals surface area contributed by atoms with Crippen LogP contribution < -0.4 is 4.74 Å². The van der Waals surface area contributed by atoms with Gasteiger partial charge >= 0.3 is 0 Å². The molecule has 0 bridgehead atoms. The molecule has 1 atom stereocenters. The van der Waals surface area contributed by atoms with Crippen molar-refractivity contribution in [2.75, 3.05) is 39.3 Å². The van der Waals surface area contributed by atoms with Crippen LogP contribution in [-0.2, 0) is 6.54 Å². The summed E-state index contributed by atoms with van der Waals surface area (Å²) in [6.07, 6.45) is 6.04. The van der Waals surface area contributed by atoms with Crippen LogP contribution in [0.4, 0.5) is 0 Å². The minimum atomic E-state index is -0.409. The van der Waals surface area contributed by atoms with Gasteiger partial charge in [-0.05, 0) is 57.9 Å². The fraction of sp³-hybridized carbons (Fsp3) is 0.684. The molecule has 0 aromatic heterocycles. The SMILES string of the molecule is O[C@H](COc1ccccc1CN1CCCC1)CN1CCCCC1. The number of benzene rings is 1. The molecule has 23 heavy (non-hydrogen) atoms. The van der Waals surface area contributed by atoms with Gasteiger partial charge in [-0.3, -0.25) is 4.90 Å². The molecule has 128 valence electrons. The number of β-amino-alcohol motifs (C(OH)–C–C–N with tert-alkyl or cyclic N) is 1. The molecule has 2 heterocycles. The third-order valence-corrected chi connectivity index (χ3v) is 4.91. The first-order chi connectivity index (χ1) is 11.3. The first-order valence-electron chi connectivity index (χ1n) is 9.15. The summed E-state index contributed by atoms with van der Waals surface area (Å²) < 4.78 is 5.95. The maximum Gasteiger partial charge on any atom is 0.123 e. The Morgan fingerprint density at radius 3 is 2.35 bits per heavy atom. The van der Waals surface area contributed by atoms with Crippen molar-refractivity contribution in [3.8, 4) is 5.75 Å². The van der Waals surface area contributed by atoms with Gasteiger partial charge in [-0.2, -0.15) is 0 Å². The smallest absolute Gasteiger partial charge is 0.123 e. The number of likely N-dealkylation sites (tertiary alicyclic amines) is 2. The Kier molecular flexibility index (Phi) is 6.31. The molecule has 4 heteroatoms. The highest BCUT2D eigenvalue weighted by molar-refractivity contribution is 5.33. The van der Waals surface area contributed by atoms with E-state index in [0.717, 1.165) is 31.9 Å². The molecule has 2 fully saturated rings. The van der Waals surface area contributed by atoms with Gasteiger partial charge in [-0.1, -0.05) is 24.6 Å². The molecular weight excluding hydrogens is 288 g/mol. The molecular formula is C19H30N2O2. The molecule has 0 amide bonds. The van der Waals surface area contributed by atoms with Crippen LogP contribution in [0.2, 0.25) is 0 Å². The number of aliphatic hydroxyl groups is 1. The van der Waals surface area contributed by atoms with Crippen LogP contribution in [0.3, 0.4) is 0 Å². The van der Waals surface area contributed by atoms with Gasteiger partial charge in [0.05, 0.1) is 0 Å². The van der Waals surface area contributed by atoms with Crippen LogP contribution in [0.25, 0.3) is 0 Å². The van der Waals surface area contributed by atoms with E-state index in [-0.39, 0.29) is 0 Å². The largest absolute Gasteiger partial charge is 0.491 e. The minimum Gasteiger partial charge on any atom is -0.491 e. The number of para-hydroxylation sites is 1. The van der Waals surface area contributed by atoms with E-state index in [2.05, 4.69) is 21.9 Å². The second-order valence-electron chi connectivity index (χ2n) is 6.92. The first-order valence-corrected chi connectivity index (χ1v) is 9.15. The third-order valence-electron chi connectivity index (χ3n) is 4.91. The lowest BCUT2D eigenvalue weighted by atomic mass is 10.1. The van der Waals surface area contributed by atoms with Crippen molar-refractivity contribution in [1.29, 1.82) is 0 Å². The molecule has 4 nitrogen and oxygen atoms in total. The Balaban J connectivity index is 1.48. The lowest BCUT2D eigenvalue weighted by Gasteiger charge is -2.28. The van der Waals surface area contributed by atoms with Crippen molar-refractivity contribution >= 4 is 0 Å². The maximum absolute atomic E-state index is 10.3. The summed E-state index contributed by atoms with van der Waals surface area (Å²) in [5.41, 5.74) is 1.24. The molecule has 0 aliphatic carbocycles. The molecule has 1 aromatic rings. The number of ether oxygens (including phenoxy) is 1. The van der Waals surface area contributed by atoms with E-state index in [1.807, 2.05) is 12.1 Å². The second-order valence-corrected chi connectivity index (χ2v) is 6.92. The normalized spacial score (nSPS) is 21.4. The zero-order valence-corrected chi connectivity index (χ0v) is 14.1. The van der Waals surface area contributed by atoms with Gasteiger partial charge in [0.15, 0.2) is 0 Å². The second kappa shape index (κ2) is 8.67. The first kappa shape index (κ1) is 16.7. The van der Waals surface area contributed by atoms with Crippen LogP contribution >= 0.6 is 0 Å². The highest BCUT2D eigenvalue weighted by Gasteiger charge is 2.17. The van der Waals surface area contributed by atoms with E-state index in [4.69, 9.17) is 4.74 Å². The maximum atomic E-state index is 10.3. The topological polar surface area (TPSA) is 35.9 Å². The summed E-state index contributed by atoms with van der Waals surface area (Å²) >= 11 is 0. The third kappa shape index (κ3) is 5.20. The van der Waals surface area contributed by atoms with Crippen molar-refractivity contribution in [2.45, 2.75) is 44.8 Å². The number of hydrogen-bond donors (Lipinski definition) is 1. The molecule has 2 aliphatic heterocycles. The predicted octanol–water partition coefficient (Wildman–Crippen LogP) is 2.51. The Morgan fingerprint density at radius 1 is 0.913 bits per heavy atom. The van der Waals surface area contributed by atoms with Gasteiger partial charge in [-0.15, -0.1) is 0 Å². The van der Waals surface area contributed by atoms with E-state index < -0.39 is 6.10 Å². The van der Waals surface area contributed by atoms with Crippen molar-refractivity contribution in [3.05, 3.63) is 29.8 Å². The number of rotatable bonds is 7. The summed E-state index contributed by atoms with van der Waals surface area (Å²) in [6, 6.07) is 8.26. The average Bonchev–Trinajstić information content (AvgIpc) is 3.08. The molecule has 0 radical (unpaired) electrons. The van der Waals surface area contributed by atoms with Crippen LogP contribution in [0.1, 0.15) is 37.7 Å². The number of nitrogens with zero attached hydrogens (tertiary/aromatic N) is 2. The quantitative estimate of drug-likeness (QED) is 0.838. The molecule has 2 aliphatic rings. The monoisotopic (exact) mass is 318 g/mol. The van der Waals surface area contributed by atoms with E-state index >= 15 is 0 Å². The van der Waals surface area contributed by atoms with Crippen molar-refractivity contribution in [3.63, 3.8) is 0 Å². The van der Waals surface area contributed by atoms with E-state index in [1.54, 1.807) is 0 Å². The van der Waals surface area contributed by atoms with Crippen LogP contribution in [-0.4, -0.2) is 60.3 Å². The zero-order valence-electron chi connectivity index (χ0n) is 14.1. The zero-order chi connectivity index (χ0) is 15.9. The van der Waals surface area contributed by atoms with Crippen molar-refractivity contribution < 1.29 is 9.84 Å². The summed E-state index contributed by atoms with van der Waals surface area (Å²) in [4.78, 5) is 4.83. The van der Waals surface area contributed by atoms with Crippen LogP contribution in [0, 0.1) is 0 Å². The molecule has 1 N–H and O–H groups in total. The number of piperidine rings is 1. The van der Waals surface area contributed by atoms with Gasteiger partial charge < -0.3 is 14.7 Å². The van der Waals surface area contributed by atoms with Crippen LogP contribution in [0.15, 0.2) is 24.3 Å². The lowest BCUT2D eigenvalue weighted by Crippen LogP contribution is -2.38. The highest BCUT2D eigenvalue weighted by Crippen LogP contribution is 2.22. The van der Waals surface area contributed by atoms with Gasteiger partial charge in [0.1, 0.15) is 18.5 Å². The highest BCUT2D eigenvalue weighted by atomic mass is 16.5. The summed E-state index contributed by atoms with van der Waals surface area (Å²) in [5.74, 6) is 0.928. The van der Waals surface area contributed by atoms with E-state index in [1.165, 1.54) is 50.8 Å². The van der Waals surface area contributed by atoms with E-state index in [0.29, 0.717) is 6.61 Å². The summed E-state index contributed by atoms with van der Waals surface area (Å²) in [7, 11) is 0. The standard InChI is InChI=1S/C19H30N2O2/c22-18(15-21-10-4-1-5-11-21)16-23-19-9-3-2-8-17(19)14-20-12-6-7-13-20/h2-3,8-9,18,22H,1,4-7,10-16H2/t18-/m0/s1. The fourth-order valence-corrected chi connectivity index (χ4v) is 3.64. The average molecular weight is 318 g/mol. The van der Waals surface area contributed by atoms with Gasteiger partial charge in [0, 0.05) is 18.7 Å². The minimum absolute atomic E-state index is 0.382. The molecule has 0 unspecified atom stereocenters. The lowest BCUT2D eigenvalue weighted by molar-refractivity contribution is 0.0612. The van der Waals surface area contributed by atoms with E-state index in [9.17, 15) is 5.11 Å². The number of hydrogen-bond acceptors (Lipinski definition) is 4. The number of aliphatic hydroxyl groups excluding tert-OH is 1. The Hall–Kier alpha value is -1.10. The summed E-state index contributed by atoms with van der Waals surface area (Å²) in [5, 5.41) is 10.3. The Labute approximate surface area is 140 Å². The summed E-state index contributed by atoms with van der Waals surface area (Å²) in [6.45, 7) is 6.67. The van der Waals surface area contributed by atoms with Crippen LogP contribution in [0.5, 0.6) is 5.75 Å². The molecule has 3 rings (SSSR count). The molecule has 0 spiro atoms. The molecule has 2 saturated heterocycles. The van der Waals surface area contributed by atoms with Crippen molar-refractivity contribution in [2.24, 2.45) is 0 Å². The van der Waals surface area contributed by atoms with Gasteiger partial charge in [-0.25, -0.2) is 0 Å². The van der Waals surface area contributed by atoms with Gasteiger partial charge in [0.25, 0.3) is 0 Å². The van der Waals surface area contributed by atoms with Gasteiger partial charge in [0.2, 0.25) is 0 Å². The Bertz CT molecular complexity index is 468. The van der Waals surface area contributed by atoms with Crippen molar-refractivity contribution in [1.82, 2.24) is 9.80 Å². The fourth-order valence-electron chi connectivity index (χ4n) is 3.64.